The van der Waals surface area contributed by atoms with Crippen molar-refractivity contribution in [1.29, 1.82) is 0 Å². The zero-order chi connectivity index (χ0) is 15.3. The highest BCUT2D eigenvalue weighted by Gasteiger charge is 2.33. The van der Waals surface area contributed by atoms with Gasteiger partial charge < -0.3 is 20.7 Å². The fourth-order valence-electron chi connectivity index (χ4n) is 2.84. The maximum absolute atomic E-state index is 12.6. The maximum atomic E-state index is 12.6. The summed E-state index contributed by atoms with van der Waals surface area (Å²) in [5.74, 6) is -0.584. The molecule has 0 aromatic carbocycles. The molecule has 1 fully saturated rings. The number of piperidine rings is 1. The predicted molar refractivity (Wildman–Crippen MR) is 79.6 cm³/mol. The van der Waals surface area contributed by atoms with Crippen LogP contribution in [0.4, 0.5) is 0 Å². The van der Waals surface area contributed by atoms with Gasteiger partial charge in [0.05, 0.1) is 0 Å². The summed E-state index contributed by atoms with van der Waals surface area (Å²) in [6.45, 7) is 9.08. The molecule has 0 aliphatic carbocycles. The molecule has 116 valence electrons. The number of amidine groups is 1. The van der Waals surface area contributed by atoms with Crippen LogP contribution in [0.25, 0.3) is 0 Å². The van der Waals surface area contributed by atoms with Crippen LogP contribution in [-0.2, 0) is 4.79 Å². The van der Waals surface area contributed by atoms with Gasteiger partial charge in [-0.3, -0.25) is 4.79 Å². The van der Waals surface area contributed by atoms with Crippen LogP contribution >= 0.6 is 0 Å². The molecule has 1 unspecified atom stereocenters. The van der Waals surface area contributed by atoms with Gasteiger partial charge in [-0.05, 0) is 25.3 Å². The molecule has 3 N–H and O–H groups in total. The first-order valence-corrected chi connectivity index (χ1v) is 7.38. The molecule has 6 heteroatoms. The molecule has 1 heterocycles. The van der Waals surface area contributed by atoms with Crippen LogP contribution in [0.1, 0.15) is 33.6 Å². The minimum absolute atomic E-state index is 0.00263. The van der Waals surface area contributed by atoms with Crippen LogP contribution < -0.4 is 5.73 Å². The maximum Gasteiger partial charge on any atom is 0.233 e. The van der Waals surface area contributed by atoms with Crippen molar-refractivity contribution >= 4 is 11.7 Å². The lowest BCUT2D eigenvalue weighted by atomic mass is 9.92. The van der Waals surface area contributed by atoms with E-state index < -0.39 is 5.92 Å². The average Bonchev–Trinajstić information content (AvgIpc) is 2.46. The van der Waals surface area contributed by atoms with Gasteiger partial charge in [0.15, 0.2) is 5.84 Å². The van der Waals surface area contributed by atoms with Crippen molar-refractivity contribution in [2.45, 2.75) is 39.7 Å². The largest absolute Gasteiger partial charge is 0.409 e. The molecule has 0 saturated carbocycles. The van der Waals surface area contributed by atoms with Crippen molar-refractivity contribution in [3.63, 3.8) is 0 Å². The Labute approximate surface area is 121 Å². The van der Waals surface area contributed by atoms with Crippen LogP contribution in [0.15, 0.2) is 5.16 Å². The van der Waals surface area contributed by atoms with E-state index in [4.69, 9.17) is 10.9 Å². The second-order valence-corrected chi connectivity index (χ2v) is 5.86. The number of hydrogen-bond acceptors (Lipinski definition) is 4. The van der Waals surface area contributed by atoms with Crippen LogP contribution in [0.5, 0.6) is 0 Å². The summed E-state index contributed by atoms with van der Waals surface area (Å²) in [6.07, 6.45) is 1.97. The van der Waals surface area contributed by atoms with Gasteiger partial charge in [-0.25, -0.2) is 0 Å². The lowest BCUT2D eigenvalue weighted by Crippen LogP contribution is -2.50. The number of likely N-dealkylation sites (tertiary alicyclic amines) is 1. The number of amides is 1. The molecular weight excluding hydrogens is 256 g/mol. The molecule has 6 nitrogen and oxygen atoms in total. The fraction of sp³-hybridized carbons (Fsp3) is 0.857. The summed E-state index contributed by atoms with van der Waals surface area (Å²) >= 11 is 0. The minimum atomic E-state index is -0.547. The van der Waals surface area contributed by atoms with Gasteiger partial charge in [0.1, 0.15) is 5.92 Å². The summed E-state index contributed by atoms with van der Waals surface area (Å²) in [7, 11) is 1.83. The molecule has 0 spiro atoms. The zero-order valence-corrected chi connectivity index (χ0v) is 13.0. The van der Waals surface area contributed by atoms with Gasteiger partial charge >= 0.3 is 0 Å². The van der Waals surface area contributed by atoms with Gasteiger partial charge in [-0.1, -0.05) is 25.9 Å². The summed E-state index contributed by atoms with van der Waals surface area (Å²) in [6, 6.07) is 0.248. The third-order valence-corrected chi connectivity index (χ3v) is 4.27. The van der Waals surface area contributed by atoms with E-state index in [1.165, 1.54) is 0 Å². The Morgan fingerprint density at radius 2 is 2.00 bits per heavy atom. The highest BCUT2D eigenvalue weighted by molar-refractivity contribution is 6.02. The number of hydrogen-bond donors (Lipinski definition) is 2. The Kier molecular flexibility index (Phi) is 6.26. The second kappa shape index (κ2) is 7.47. The van der Waals surface area contributed by atoms with Crippen molar-refractivity contribution in [3.8, 4) is 0 Å². The molecule has 1 atom stereocenters. The Morgan fingerprint density at radius 3 is 2.40 bits per heavy atom. The van der Waals surface area contributed by atoms with Crippen LogP contribution in [-0.4, -0.2) is 59.5 Å². The number of rotatable bonds is 5. The number of nitrogens with zero attached hydrogens (tertiary/aromatic N) is 3. The molecule has 0 aromatic rings. The topological polar surface area (TPSA) is 82.2 Å². The molecule has 0 aromatic heterocycles. The van der Waals surface area contributed by atoms with E-state index in [0.29, 0.717) is 0 Å². The number of oxime groups is 1. The molecular formula is C14H28N4O2. The second-order valence-electron chi connectivity index (χ2n) is 5.86. The summed E-state index contributed by atoms with van der Waals surface area (Å²) in [4.78, 5) is 16.8. The molecule has 0 bridgehead atoms. The Morgan fingerprint density at radius 1 is 1.45 bits per heavy atom. The van der Waals surface area contributed by atoms with E-state index in [-0.39, 0.29) is 23.7 Å². The third kappa shape index (κ3) is 3.85. The molecule has 1 aliphatic rings. The van der Waals surface area contributed by atoms with Crippen molar-refractivity contribution in [2.24, 2.45) is 22.7 Å². The summed E-state index contributed by atoms with van der Waals surface area (Å²) in [5, 5.41) is 11.9. The van der Waals surface area contributed by atoms with Crippen LogP contribution in [0.3, 0.4) is 0 Å². The Bertz CT molecular complexity index is 349. The monoisotopic (exact) mass is 284 g/mol. The van der Waals surface area contributed by atoms with Crippen molar-refractivity contribution in [2.75, 3.05) is 26.7 Å². The average molecular weight is 284 g/mol. The molecule has 1 saturated heterocycles. The first-order valence-electron chi connectivity index (χ1n) is 7.38. The highest BCUT2D eigenvalue weighted by atomic mass is 16.4. The van der Waals surface area contributed by atoms with E-state index in [2.05, 4.69) is 17.0 Å². The summed E-state index contributed by atoms with van der Waals surface area (Å²) in [5.41, 5.74) is 5.67. The molecule has 1 rings (SSSR count). The SMILES string of the molecule is CCN1CCC(N(C)C(=O)C(C(N)=NO)C(C)C)CC1. The molecule has 20 heavy (non-hydrogen) atoms. The molecule has 0 radical (unpaired) electrons. The predicted octanol–water partition coefficient (Wildman–Crippen LogP) is 0.948. The minimum Gasteiger partial charge on any atom is -0.409 e. The Hall–Kier alpha value is -1.30. The highest BCUT2D eigenvalue weighted by Crippen LogP contribution is 2.20. The fourth-order valence-corrected chi connectivity index (χ4v) is 2.84. The van der Waals surface area contributed by atoms with Gasteiger partial charge in [-0.2, -0.15) is 0 Å². The molecule has 1 amide bonds. The normalized spacial score (nSPS) is 20.1. The van der Waals surface area contributed by atoms with Gasteiger partial charge in [-0.15, -0.1) is 0 Å². The Balaban J connectivity index is 2.70. The number of carbonyl (C=O) groups is 1. The number of carbonyl (C=O) groups excluding carboxylic acids is 1. The van der Waals surface area contributed by atoms with E-state index in [1.54, 1.807) is 4.90 Å². The van der Waals surface area contributed by atoms with Crippen molar-refractivity contribution < 1.29 is 10.0 Å². The summed E-state index contributed by atoms with van der Waals surface area (Å²) < 4.78 is 0. The third-order valence-electron chi connectivity index (χ3n) is 4.27. The molecule has 1 aliphatic heterocycles. The van der Waals surface area contributed by atoms with Gasteiger partial charge in [0.25, 0.3) is 0 Å². The van der Waals surface area contributed by atoms with E-state index in [1.807, 2.05) is 20.9 Å². The van der Waals surface area contributed by atoms with Gasteiger partial charge in [0, 0.05) is 26.2 Å². The smallest absolute Gasteiger partial charge is 0.233 e. The van der Waals surface area contributed by atoms with Crippen LogP contribution in [0, 0.1) is 11.8 Å². The van der Waals surface area contributed by atoms with Crippen molar-refractivity contribution in [3.05, 3.63) is 0 Å². The number of nitrogens with two attached hydrogens (primary N) is 1. The van der Waals surface area contributed by atoms with E-state index in [0.717, 1.165) is 32.5 Å². The lowest BCUT2D eigenvalue weighted by Gasteiger charge is -2.38. The standard InChI is InChI=1S/C14H28N4O2/c1-5-18-8-6-11(7-9-18)17(4)14(19)12(10(2)3)13(15)16-20/h10-12,20H,5-9H2,1-4H3,(H2,15,16). The zero-order valence-electron chi connectivity index (χ0n) is 13.0. The van der Waals surface area contributed by atoms with E-state index >= 15 is 0 Å². The first-order chi connectivity index (χ1) is 9.42. The quantitative estimate of drug-likeness (QED) is 0.341. The first kappa shape index (κ1) is 16.8. The lowest BCUT2D eigenvalue weighted by molar-refractivity contribution is -0.136. The van der Waals surface area contributed by atoms with Gasteiger partial charge in [0.2, 0.25) is 5.91 Å². The van der Waals surface area contributed by atoms with Crippen molar-refractivity contribution in [1.82, 2.24) is 9.80 Å². The van der Waals surface area contributed by atoms with Crippen LogP contribution in [0.2, 0.25) is 0 Å². The van der Waals surface area contributed by atoms with E-state index in [9.17, 15) is 4.79 Å².